The molecular formula is C20H28Cl2F2N4O2. The summed E-state index contributed by atoms with van der Waals surface area (Å²) < 4.78 is 27.0. The van der Waals surface area contributed by atoms with Crippen molar-refractivity contribution in [3.8, 4) is 0 Å². The number of aromatic amines is 1. The van der Waals surface area contributed by atoms with Gasteiger partial charge in [0.1, 0.15) is 5.82 Å². The molecule has 1 saturated heterocycles. The molecule has 3 heterocycles. The van der Waals surface area contributed by atoms with E-state index in [9.17, 15) is 18.7 Å². The van der Waals surface area contributed by atoms with Gasteiger partial charge in [0, 0.05) is 44.5 Å². The molecule has 4 rings (SSSR count). The van der Waals surface area contributed by atoms with E-state index in [1.54, 1.807) is 12.4 Å². The van der Waals surface area contributed by atoms with E-state index in [1.165, 1.54) is 0 Å². The van der Waals surface area contributed by atoms with Crippen molar-refractivity contribution in [3.63, 3.8) is 0 Å². The fourth-order valence-corrected chi connectivity index (χ4v) is 4.81. The molecular weight excluding hydrogens is 437 g/mol. The molecule has 1 aliphatic heterocycles. The Kier molecular flexibility index (Phi) is 8.42. The van der Waals surface area contributed by atoms with Gasteiger partial charge in [-0.05, 0) is 43.7 Å². The molecule has 10 heteroatoms. The maximum absolute atomic E-state index is 13.5. The third kappa shape index (κ3) is 5.80. The monoisotopic (exact) mass is 464 g/mol. The molecule has 1 saturated carbocycles. The number of carboxylic acids is 1. The molecule has 2 N–H and O–H groups in total. The van der Waals surface area contributed by atoms with Crippen LogP contribution in [-0.2, 0) is 11.2 Å². The molecule has 0 unspecified atom stereocenters. The fraction of sp³-hybridized carbons (Fsp3) is 0.650. The van der Waals surface area contributed by atoms with Gasteiger partial charge >= 0.3 is 5.97 Å². The van der Waals surface area contributed by atoms with Gasteiger partial charge in [-0.2, -0.15) is 0 Å². The highest BCUT2D eigenvalue weighted by molar-refractivity contribution is 5.85. The lowest BCUT2D eigenvalue weighted by Crippen LogP contribution is -2.49. The number of aromatic nitrogens is 3. The van der Waals surface area contributed by atoms with Crippen molar-refractivity contribution < 1.29 is 18.7 Å². The Morgan fingerprint density at radius 3 is 2.63 bits per heavy atom. The highest BCUT2D eigenvalue weighted by atomic mass is 35.5. The largest absolute Gasteiger partial charge is 0.481 e. The van der Waals surface area contributed by atoms with Crippen molar-refractivity contribution in [1.82, 2.24) is 19.9 Å². The van der Waals surface area contributed by atoms with E-state index >= 15 is 0 Å². The number of carbonyl (C=O) groups is 1. The van der Waals surface area contributed by atoms with Crippen LogP contribution in [0.5, 0.6) is 0 Å². The van der Waals surface area contributed by atoms with Crippen LogP contribution in [0.4, 0.5) is 8.78 Å². The molecule has 2 aromatic heterocycles. The number of aliphatic carboxylic acids is 1. The Morgan fingerprint density at radius 2 is 1.97 bits per heavy atom. The van der Waals surface area contributed by atoms with Gasteiger partial charge in [0.15, 0.2) is 0 Å². The van der Waals surface area contributed by atoms with Crippen LogP contribution in [0.1, 0.15) is 44.3 Å². The van der Waals surface area contributed by atoms with E-state index in [4.69, 9.17) is 0 Å². The number of hydrogen-bond acceptors (Lipinski definition) is 4. The highest BCUT2D eigenvalue weighted by Crippen LogP contribution is 2.38. The van der Waals surface area contributed by atoms with Crippen molar-refractivity contribution in [2.45, 2.75) is 56.9 Å². The number of rotatable bonds is 5. The molecule has 0 aromatic carbocycles. The molecule has 168 valence electrons. The number of fused-ring (bicyclic) bond motifs is 1. The van der Waals surface area contributed by atoms with E-state index < -0.39 is 11.9 Å². The molecule has 2 aromatic rings. The number of hydrogen-bond donors (Lipinski definition) is 2. The average Bonchev–Trinajstić information content (AvgIpc) is 3.05. The van der Waals surface area contributed by atoms with Gasteiger partial charge in [0.2, 0.25) is 5.92 Å². The first-order chi connectivity index (χ1) is 13.4. The van der Waals surface area contributed by atoms with Crippen LogP contribution >= 0.6 is 24.8 Å². The van der Waals surface area contributed by atoms with Crippen LogP contribution in [0.2, 0.25) is 0 Å². The zero-order valence-electron chi connectivity index (χ0n) is 16.6. The summed E-state index contributed by atoms with van der Waals surface area (Å²) in [6.45, 7) is 1.53. The number of carboxylic acid groups (broad SMARTS) is 1. The van der Waals surface area contributed by atoms with Crippen molar-refractivity contribution in [2.75, 3.05) is 13.1 Å². The smallest absolute Gasteiger partial charge is 0.303 e. The maximum atomic E-state index is 13.5. The average molecular weight is 465 g/mol. The number of likely N-dealkylation sites (tertiary alicyclic amines) is 1. The van der Waals surface area contributed by atoms with Crippen molar-refractivity contribution in [2.24, 2.45) is 11.8 Å². The summed E-state index contributed by atoms with van der Waals surface area (Å²) in [6.07, 6.45) is 5.94. The summed E-state index contributed by atoms with van der Waals surface area (Å²) in [5.74, 6) is -2.26. The second kappa shape index (κ2) is 10.2. The molecule has 2 atom stereocenters. The van der Waals surface area contributed by atoms with Gasteiger partial charge < -0.3 is 15.0 Å². The minimum Gasteiger partial charge on any atom is -0.481 e. The van der Waals surface area contributed by atoms with Gasteiger partial charge in [-0.1, -0.05) is 0 Å². The van der Waals surface area contributed by atoms with Crippen molar-refractivity contribution in [1.29, 1.82) is 0 Å². The number of nitrogens with one attached hydrogen (secondary N) is 1. The lowest BCUT2D eigenvalue weighted by atomic mass is 9.79. The third-order valence-electron chi connectivity index (χ3n) is 6.35. The number of H-pyrrole nitrogens is 1. The Labute approximate surface area is 186 Å². The quantitative estimate of drug-likeness (QED) is 0.687. The number of nitrogens with zero attached hydrogens (tertiary/aromatic N) is 3. The predicted molar refractivity (Wildman–Crippen MR) is 115 cm³/mol. The van der Waals surface area contributed by atoms with Gasteiger partial charge in [0.25, 0.3) is 0 Å². The first-order valence-electron chi connectivity index (χ1n) is 10.0. The summed E-state index contributed by atoms with van der Waals surface area (Å²) in [6, 6.07) is 2.02. The molecule has 0 bridgehead atoms. The Morgan fingerprint density at radius 1 is 1.23 bits per heavy atom. The van der Waals surface area contributed by atoms with E-state index in [0.717, 1.165) is 36.4 Å². The maximum Gasteiger partial charge on any atom is 0.303 e. The van der Waals surface area contributed by atoms with Gasteiger partial charge in [-0.15, -0.1) is 24.8 Å². The van der Waals surface area contributed by atoms with Crippen molar-refractivity contribution >= 4 is 41.8 Å². The number of halogens is 4. The Balaban J connectivity index is 0.00000160. The SMILES string of the molecule is Cl.Cl.O=C(O)C[C@@H]1CCN(C2CCC(F)(F)CC2)C[C@@H]1Cc1nc2ccncc2[nH]1. The molecule has 2 aliphatic rings. The van der Waals surface area contributed by atoms with Crippen molar-refractivity contribution in [3.05, 3.63) is 24.3 Å². The normalized spacial score (nSPS) is 24.7. The van der Waals surface area contributed by atoms with Crippen LogP contribution < -0.4 is 0 Å². The summed E-state index contributed by atoms with van der Waals surface area (Å²) >= 11 is 0. The minimum atomic E-state index is -2.53. The van der Waals surface area contributed by atoms with Gasteiger partial charge in [0.05, 0.1) is 17.2 Å². The standard InChI is InChI=1S/C20H26F2N4O2.2ClH/c21-20(22)5-1-15(2-6-20)26-8-4-13(10-19(27)28)14(12-26)9-18-24-16-3-7-23-11-17(16)25-18;;/h3,7,11,13-15H,1-2,4-6,8-10,12H2,(H,24,25)(H,27,28);2*1H/t13-,14-;;/m0../s1. The van der Waals surface area contributed by atoms with E-state index in [-0.39, 0.29) is 62.0 Å². The number of piperidine rings is 1. The van der Waals surface area contributed by atoms with Crippen LogP contribution in [0.15, 0.2) is 18.5 Å². The zero-order valence-corrected chi connectivity index (χ0v) is 18.2. The minimum absolute atomic E-state index is 0. The van der Waals surface area contributed by atoms with Gasteiger partial charge in [-0.3, -0.25) is 9.78 Å². The number of imidazole rings is 1. The first kappa shape index (κ1) is 24.8. The molecule has 0 radical (unpaired) electrons. The lowest BCUT2D eigenvalue weighted by molar-refractivity contribution is -0.139. The molecule has 0 spiro atoms. The Bertz CT molecular complexity index is 808. The third-order valence-corrected chi connectivity index (χ3v) is 6.35. The lowest BCUT2D eigenvalue weighted by Gasteiger charge is -2.44. The van der Waals surface area contributed by atoms with E-state index in [0.29, 0.717) is 19.3 Å². The topological polar surface area (TPSA) is 82.1 Å². The molecule has 0 amide bonds. The predicted octanol–water partition coefficient (Wildman–Crippen LogP) is 4.33. The van der Waals surface area contributed by atoms with Crippen LogP contribution in [0.25, 0.3) is 11.0 Å². The first-order valence-corrected chi connectivity index (χ1v) is 10.0. The Hall–Kier alpha value is -1.51. The molecule has 30 heavy (non-hydrogen) atoms. The van der Waals surface area contributed by atoms with E-state index in [2.05, 4.69) is 19.9 Å². The van der Waals surface area contributed by atoms with Crippen LogP contribution in [0.3, 0.4) is 0 Å². The summed E-state index contributed by atoms with van der Waals surface area (Å²) in [5, 5.41) is 9.31. The second-order valence-electron chi connectivity index (χ2n) is 8.27. The second-order valence-corrected chi connectivity index (χ2v) is 8.27. The van der Waals surface area contributed by atoms with Crippen LogP contribution in [0, 0.1) is 11.8 Å². The fourth-order valence-electron chi connectivity index (χ4n) is 4.81. The number of pyridine rings is 1. The van der Waals surface area contributed by atoms with Gasteiger partial charge in [-0.25, -0.2) is 13.8 Å². The van der Waals surface area contributed by atoms with Crippen LogP contribution in [-0.4, -0.2) is 56.0 Å². The molecule has 6 nitrogen and oxygen atoms in total. The molecule has 2 fully saturated rings. The summed E-state index contributed by atoms with van der Waals surface area (Å²) in [5.41, 5.74) is 1.72. The highest BCUT2D eigenvalue weighted by Gasteiger charge is 2.40. The number of alkyl halides is 2. The summed E-state index contributed by atoms with van der Waals surface area (Å²) in [7, 11) is 0. The molecule has 1 aliphatic carbocycles. The van der Waals surface area contributed by atoms with E-state index in [1.807, 2.05) is 6.07 Å². The summed E-state index contributed by atoms with van der Waals surface area (Å²) in [4.78, 5) is 25.6. The zero-order chi connectivity index (χ0) is 19.7.